The quantitative estimate of drug-likeness (QED) is 0.0230. The number of anilines is 8. The standard InChI is InChI=1S/C29H39N12O16S4Si.4Na/c42-13-19(44)11-32-26-36-24(30-5-7-58(46,47)48)38-28(40-26)34-17-2-1-16(21(9-17)60(52,53)54)15-62-23-4-3-18(10-22(23)61(55,56)57)35-29-39-25(31-6-8-59(49,50)51)37-27(41-29)33-12-20(45)14-43;;;;/h1-4,9-10,15,19-20,42-45H,5-8,11-14H2,(H,46,47,48)(H,49,50,51)(H,52,53,54)(H,55,56,57)(H3,30,32,34,36,38,40)(H3,31,33,35,37,39,41);;;;/q;4*+1/p-4. The van der Waals surface area contributed by atoms with Crippen molar-refractivity contribution in [3.05, 3.63) is 42.0 Å². The van der Waals surface area contributed by atoms with Crippen LogP contribution in [0.4, 0.5) is 47.1 Å². The molecule has 0 aliphatic heterocycles. The van der Waals surface area contributed by atoms with Crippen LogP contribution in [0.5, 0.6) is 0 Å². The summed E-state index contributed by atoms with van der Waals surface area (Å²) in [5, 5.41) is 52.9. The van der Waals surface area contributed by atoms with Crippen molar-refractivity contribution in [2.45, 2.75) is 22.0 Å². The molecule has 0 bridgehead atoms. The summed E-state index contributed by atoms with van der Waals surface area (Å²) in [5.41, 5.74) is 0.801. The molecule has 4 aromatic rings. The van der Waals surface area contributed by atoms with Crippen molar-refractivity contribution in [1.82, 2.24) is 29.9 Å². The van der Waals surface area contributed by atoms with E-state index in [2.05, 4.69) is 61.8 Å². The van der Waals surface area contributed by atoms with Gasteiger partial charge in [0, 0.05) is 37.6 Å². The zero-order valence-electron chi connectivity index (χ0n) is 35.4. The number of rotatable bonds is 24. The van der Waals surface area contributed by atoms with Gasteiger partial charge in [0.25, 0.3) is 0 Å². The summed E-state index contributed by atoms with van der Waals surface area (Å²) in [6.45, 7) is -2.63. The van der Waals surface area contributed by atoms with Crippen molar-refractivity contribution in [3.8, 4) is 0 Å². The van der Waals surface area contributed by atoms with Gasteiger partial charge in [-0.2, -0.15) is 29.9 Å². The van der Waals surface area contributed by atoms with Crippen LogP contribution >= 0.6 is 0 Å². The van der Waals surface area contributed by atoms with E-state index >= 15 is 0 Å². The van der Waals surface area contributed by atoms with Crippen LogP contribution in [0.15, 0.2) is 46.2 Å². The molecule has 339 valence electrons. The molecule has 0 aliphatic carbocycles. The molecule has 0 fully saturated rings. The first-order valence-electron chi connectivity index (χ1n) is 17.2. The van der Waals surface area contributed by atoms with Crippen LogP contribution in [0.2, 0.25) is 0 Å². The minimum Gasteiger partial charge on any atom is -0.748 e. The summed E-state index contributed by atoms with van der Waals surface area (Å²) in [5.74, 6) is -3.32. The predicted octanol–water partition coefficient (Wildman–Crippen LogP) is -17.0. The molecule has 2 atom stereocenters. The SMILES string of the molecule is O=S(=O)([O-])CCNc1nc(NCC(O)CO)nc(Nc2ccc(C=[Si]c3ccc(Nc4nc(NCCS(=O)(=O)[O-])nc(NCC(O)CO)n4)cc3S(=O)(=O)[O-])c(S(=O)(=O)[O-])c2)n1.[Na+].[Na+].[Na+].[Na+]. The van der Waals surface area contributed by atoms with Crippen molar-refractivity contribution >= 4 is 108 Å². The first kappa shape index (κ1) is 64.8. The molecule has 0 amide bonds. The van der Waals surface area contributed by atoms with Gasteiger partial charge in [0.2, 0.25) is 35.7 Å². The second kappa shape index (κ2) is 29.2. The zero-order chi connectivity index (χ0) is 45.9. The van der Waals surface area contributed by atoms with Crippen LogP contribution in [0, 0.1) is 0 Å². The topological polar surface area (TPSA) is 459 Å². The summed E-state index contributed by atoms with van der Waals surface area (Å²) in [4.78, 5) is 22.5. The molecule has 0 aliphatic rings. The maximum absolute atomic E-state index is 12.4. The van der Waals surface area contributed by atoms with E-state index in [1.165, 1.54) is 29.9 Å². The van der Waals surface area contributed by atoms with E-state index < -0.39 is 109 Å². The summed E-state index contributed by atoms with van der Waals surface area (Å²) >= 11 is 0. The van der Waals surface area contributed by atoms with Gasteiger partial charge < -0.3 is 70.5 Å². The van der Waals surface area contributed by atoms with E-state index in [9.17, 15) is 62.1 Å². The van der Waals surface area contributed by atoms with Crippen molar-refractivity contribution in [3.63, 3.8) is 0 Å². The van der Waals surface area contributed by atoms with Crippen molar-refractivity contribution in [2.75, 3.05) is 82.8 Å². The minimum absolute atomic E-state index is 0. The van der Waals surface area contributed by atoms with Crippen LogP contribution < -0.4 is 155 Å². The molecule has 2 aromatic carbocycles. The Morgan fingerprint density at radius 3 is 1.29 bits per heavy atom. The molecule has 2 unspecified atom stereocenters. The molecule has 28 nitrogen and oxygen atoms in total. The fraction of sp³-hybridized carbons (Fsp3) is 0.345. The van der Waals surface area contributed by atoms with E-state index in [1.54, 1.807) is 0 Å². The number of aliphatic hydroxyl groups is 4. The summed E-state index contributed by atoms with van der Waals surface area (Å²) in [7, 11) is -20.5. The van der Waals surface area contributed by atoms with Crippen molar-refractivity contribution in [1.29, 1.82) is 0 Å². The third kappa shape index (κ3) is 23.2. The van der Waals surface area contributed by atoms with Crippen molar-refractivity contribution in [2.24, 2.45) is 0 Å². The first-order chi connectivity index (χ1) is 28.9. The van der Waals surface area contributed by atoms with Crippen LogP contribution in [-0.4, -0.2) is 180 Å². The summed E-state index contributed by atoms with van der Waals surface area (Å²) in [6, 6.07) is 6.73. The molecule has 66 heavy (non-hydrogen) atoms. The molecule has 2 heterocycles. The molecule has 4 rings (SSSR count). The number of nitrogens with one attached hydrogen (secondary N) is 6. The van der Waals surface area contributed by atoms with Gasteiger partial charge in [0.15, 0.2) is 0 Å². The second-order valence-electron chi connectivity index (χ2n) is 12.3. The van der Waals surface area contributed by atoms with Gasteiger partial charge in [-0.1, -0.05) is 17.8 Å². The molecular weight excluding hydrogens is 1020 g/mol. The third-order valence-corrected chi connectivity index (χ3v) is 11.9. The van der Waals surface area contributed by atoms with Crippen LogP contribution in [0.3, 0.4) is 0 Å². The van der Waals surface area contributed by atoms with Gasteiger partial charge in [0.1, 0.15) is 20.2 Å². The number of hydrogen-bond donors (Lipinski definition) is 10. The predicted molar refractivity (Wildman–Crippen MR) is 215 cm³/mol. The average Bonchev–Trinajstić information content (AvgIpc) is 3.17. The van der Waals surface area contributed by atoms with Gasteiger partial charge in [-0.05, 0) is 35.0 Å². The molecule has 10 N–H and O–H groups in total. The Bertz CT molecular complexity index is 2540. The zero-order valence-corrected chi connectivity index (χ0v) is 47.6. The van der Waals surface area contributed by atoms with E-state index in [1.807, 2.05) is 0 Å². The third-order valence-electron chi connectivity index (χ3n) is 7.38. The fourth-order valence-corrected chi connectivity index (χ4v) is 8.20. The Kier molecular flexibility index (Phi) is 28.7. The minimum atomic E-state index is -5.25. The first-order valence-corrected chi connectivity index (χ1v) is 24.2. The maximum Gasteiger partial charge on any atom is 1.00 e. The number of benzene rings is 2. The van der Waals surface area contributed by atoms with Gasteiger partial charge in [-0.15, -0.1) is 0 Å². The van der Waals surface area contributed by atoms with Crippen LogP contribution in [-0.2, 0) is 40.5 Å². The van der Waals surface area contributed by atoms with Crippen molar-refractivity contribution < 1.29 is 191 Å². The number of hydrogen-bond acceptors (Lipinski definition) is 28. The van der Waals surface area contributed by atoms with E-state index in [4.69, 9.17) is 10.2 Å². The number of aromatic nitrogens is 6. The molecule has 0 saturated heterocycles. The maximum atomic E-state index is 12.4. The molecule has 2 aromatic heterocycles. The normalized spacial score (nSPS) is 12.5. The van der Waals surface area contributed by atoms with E-state index in [0.29, 0.717) is 0 Å². The Labute approximate surface area is 468 Å². The van der Waals surface area contributed by atoms with E-state index in [-0.39, 0.29) is 189 Å². The van der Waals surface area contributed by atoms with Crippen LogP contribution in [0.25, 0.3) is 0 Å². The summed E-state index contributed by atoms with van der Waals surface area (Å²) < 4.78 is 141. The largest absolute Gasteiger partial charge is 1.00 e. The van der Waals surface area contributed by atoms with Gasteiger partial charge in [0.05, 0.1) is 76.1 Å². The molecule has 0 spiro atoms. The van der Waals surface area contributed by atoms with E-state index in [0.717, 1.165) is 12.1 Å². The number of nitrogens with zero attached hydrogens (tertiary/aromatic N) is 6. The smallest absolute Gasteiger partial charge is 0.748 e. The van der Waals surface area contributed by atoms with Gasteiger partial charge in [-0.25, -0.2) is 33.7 Å². The monoisotopic (exact) mass is 1060 g/mol. The molecule has 0 saturated carbocycles. The van der Waals surface area contributed by atoms with Gasteiger partial charge in [-0.3, -0.25) is 0 Å². The van der Waals surface area contributed by atoms with Crippen LogP contribution in [0.1, 0.15) is 5.56 Å². The molecular formula is C29H35N12Na4O16S4Si. The fourth-order valence-electron chi connectivity index (χ4n) is 4.59. The molecule has 37 heteroatoms. The Balaban J connectivity index is 0.0000106. The van der Waals surface area contributed by atoms with Gasteiger partial charge >= 0.3 is 118 Å². The Morgan fingerprint density at radius 1 is 0.545 bits per heavy atom. The Hall–Kier alpha value is -1.17. The molecule has 1 radical (unpaired) electrons. The summed E-state index contributed by atoms with van der Waals surface area (Å²) in [6.07, 6.45) is -2.49. The average molecular weight is 1060 g/mol. The Morgan fingerprint density at radius 2 is 0.909 bits per heavy atom. The number of aliphatic hydroxyl groups excluding tert-OH is 4. The second-order valence-corrected chi connectivity index (χ2v) is 19.2.